The summed E-state index contributed by atoms with van der Waals surface area (Å²) < 4.78 is 3.00. The van der Waals surface area contributed by atoms with Crippen molar-refractivity contribution in [3.05, 3.63) is 46.2 Å². The van der Waals surface area contributed by atoms with Crippen LogP contribution in [0.3, 0.4) is 0 Å². The lowest BCUT2D eigenvalue weighted by Crippen LogP contribution is -2.19. The molecular formula is C14H18BrN3. The minimum absolute atomic E-state index is 0.308. The van der Waals surface area contributed by atoms with E-state index in [0.29, 0.717) is 6.04 Å². The summed E-state index contributed by atoms with van der Waals surface area (Å²) in [6, 6.07) is 8.65. The molecule has 2 aromatic rings. The van der Waals surface area contributed by atoms with Gasteiger partial charge in [-0.3, -0.25) is 0 Å². The average Bonchev–Trinajstić information content (AvgIpc) is 2.76. The third-order valence-corrected chi connectivity index (χ3v) is 3.43. The lowest BCUT2D eigenvalue weighted by Gasteiger charge is -2.17. The minimum atomic E-state index is 0.308. The second kappa shape index (κ2) is 5.67. The smallest absolute Gasteiger partial charge is 0.0704 e. The number of benzene rings is 1. The largest absolute Gasteiger partial charge is 0.310 e. The summed E-state index contributed by atoms with van der Waals surface area (Å²) >= 11 is 3.53. The molecule has 2 rings (SSSR count). The van der Waals surface area contributed by atoms with E-state index in [0.717, 1.165) is 22.4 Å². The Morgan fingerprint density at radius 3 is 2.78 bits per heavy atom. The van der Waals surface area contributed by atoms with E-state index in [-0.39, 0.29) is 0 Å². The Labute approximate surface area is 116 Å². The lowest BCUT2D eigenvalue weighted by molar-refractivity contribution is 0.593. The van der Waals surface area contributed by atoms with Gasteiger partial charge in [-0.25, -0.2) is 4.68 Å². The van der Waals surface area contributed by atoms with Crippen LogP contribution >= 0.6 is 15.9 Å². The Hall–Kier alpha value is -1.13. The maximum atomic E-state index is 4.49. The molecule has 1 heterocycles. The molecule has 0 bridgehead atoms. The lowest BCUT2D eigenvalue weighted by atomic mass is 10.1. The average molecular weight is 308 g/mol. The van der Waals surface area contributed by atoms with Gasteiger partial charge >= 0.3 is 0 Å². The Morgan fingerprint density at radius 2 is 2.17 bits per heavy atom. The first-order valence-electron chi connectivity index (χ1n) is 6.17. The van der Waals surface area contributed by atoms with Gasteiger partial charge in [-0.05, 0) is 44.2 Å². The van der Waals surface area contributed by atoms with Crippen molar-refractivity contribution in [2.75, 3.05) is 6.54 Å². The first-order chi connectivity index (χ1) is 8.61. The fraction of sp³-hybridized carbons (Fsp3) is 0.357. The maximum absolute atomic E-state index is 4.49. The van der Waals surface area contributed by atoms with Gasteiger partial charge < -0.3 is 5.32 Å². The molecule has 1 aromatic heterocycles. The Morgan fingerprint density at radius 1 is 1.39 bits per heavy atom. The van der Waals surface area contributed by atoms with Gasteiger partial charge in [-0.2, -0.15) is 5.10 Å². The fourth-order valence-electron chi connectivity index (χ4n) is 2.05. The van der Waals surface area contributed by atoms with Gasteiger partial charge in [0.2, 0.25) is 0 Å². The topological polar surface area (TPSA) is 29.9 Å². The van der Waals surface area contributed by atoms with E-state index in [1.165, 1.54) is 5.56 Å². The summed E-state index contributed by atoms with van der Waals surface area (Å²) in [5.41, 5.74) is 3.39. The number of halogens is 1. The Bertz CT molecular complexity index is 534. The number of aryl methyl sites for hydroxylation is 1. The van der Waals surface area contributed by atoms with Crippen LogP contribution in [-0.2, 0) is 0 Å². The Kier molecular flexibility index (Phi) is 4.19. The highest BCUT2D eigenvalue weighted by atomic mass is 79.9. The molecule has 96 valence electrons. The zero-order valence-corrected chi connectivity index (χ0v) is 12.5. The van der Waals surface area contributed by atoms with Crippen LogP contribution in [0.25, 0.3) is 5.69 Å². The van der Waals surface area contributed by atoms with Crippen LogP contribution in [0.1, 0.15) is 31.1 Å². The maximum Gasteiger partial charge on any atom is 0.0704 e. The van der Waals surface area contributed by atoms with Crippen LogP contribution < -0.4 is 5.32 Å². The zero-order valence-electron chi connectivity index (χ0n) is 10.9. The normalized spacial score (nSPS) is 12.7. The van der Waals surface area contributed by atoms with Crippen LogP contribution in [0.4, 0.5) is 0 Å². The first-order valence-corrected chi connectivity index (χ1v) is 6.96. The number of aromatic nitrogens is 2. The molecule has 0 saturated heterocycles. The summed E-state index contributed by atoms with van der Waals surface area (Å²) in [5, 5.41) is 7.94. The highest BCUT2D eigenvalue weighted by Gasteiger charge is 2.12. The van der Waals surface area contributed by atoms with Crippen molar-refractivity contribution in [3.63, 3.8) is 0 Å². The van der Waals surface area contributed by atoms with Gasteiger partial charge in [-0.1, -0.05) is 28.9 Å². The summed E-state index contributed by atoms with van der Waals surface area (Å²) in [6.45, 7) is 7.25. The highest BCUT2D eigenvalue weighted by Crippen LogP contribution is 2.25. The molecule has 0 spiro atoms. The minimum Gasteiger partial charge on any atom is -0.310 e. The molecule has 4 heteroatoms. The van der Waals surface area contributed by atoms with Crippen molar-refractivity contribution in [1.82, 2.24) is 15.1 Å². The molecular weight excluding hydrogens is 290 g/mol. The van der Waals surface area contributed by atoms with E-state index in [4.69, 9.17) is 0 Å². The third kappa shape index (κ3) is 2.82. The van der Waals surface area contributed by atoms with Gasteiger partial charge in [0.25, 0.3) is 0 Å². The van der Waals surface area contributed by atoms with Crippen molar-refractivity contribution >= 4 is 15.9 Å². The van der Waals surface area contributed by atoms with E-state index >= 15 is 0 Å². The number of hydrogen-bond donors (Lipinski definition) is 1. The van der Waals surface area contributed by atoms with Gasteiger partial charge in [-0.15, -0.1) is 0 Å². The van der Waals surface area contributed by atoms with Crippen LogP contribution in [0.15, 0.2) is 34.9 Å². The zero-order chi connectivity index (χ0) is 13.1. The van der Waals surface area contributed by atoms with Crippen LogP contribution in [0.5, 0.6) is 0 Å². The molecule has 18 heavy (non-hydrogen) atoms. The van der Waals surface area contributed by atoms with E-state index < -0.39 is 0 Å². The molecule has 0 saturated carbocycles. The van der Waals surface area contributed by atoms with Gasteiger partial charge in [0, 0.05) is 16.7 Å². The van der Waals surface area contributed by atoms with Crippen molar-refractivity contribution in [1.29, 1.82) is 0 Å². The number of nitrogens with zero attached hydrogens (tertiary/aromatic N) is 2. The molecule has 0 aliphatic heterocycles. The van der Waals surface area contributed by atoms with Crippen molar-refractivity contribution in [2.45, 2.75) is 26.8 Å². The quantitative estimate of drug-likeness (QED) is 0.935. The standard InChI is InChI=1S/C14H18BrN3/c1-4-16-11(3)13-6-5-12(15)9-14(13)18-8-7-10(2)17-18/h5-9,11,16H,4H2,1-3H3. The van der Waals surface area contributed by atoms with Crippen LogP contribution in [0.2, 0.25) is 0 Å². The SMILES string of the molecule is CCNC(C)c1ccc(Br)cc1-n1ccc(C)n1. The van der Waals surface area contributed by atoms with Gasteiger partial charge in [0.05, 0.1) is 11.4 Å². The van der Waals surface area contributed by atoms with E-state index in [1.807, 2.05) is 23.9 Å². The van der Waals surface area contributed by atoms with Gasteiger partial charge in [0.15, 0.2) is 0 Å². The van der Waals surface area contributed by atoms with E-state index in [9.17, 15) is 0 Å². The molecule has 3 nitrogen and oxygen atoms in total. The molecule has 1 unspecified atom stereocenters. The van der Waals surface area contributed by atoms with E-state index in [2.05, 4.69) is 58.4 Å². The number of nitrogens with one attached hydrogen (secondary N) is 1. The summed E-state index contributed by atoms with van der Waals surface area (Å²) in [4.78, 5) is 0. The molecule has 1 N–H and O–H groups in total. The predicted octanol–water partition coefficient (Wildman–Crippen LogP) is 3.61. The summed E-state index contributed by atoms with van der Waals surface area (Å²) in [6.07, 6.45) is 2.00. The molecule has 1 aromatic carbocycles. The summed E-state index contributed by atoms with van der Waals surface area (Å²) in [5.74, 6) is 0. The molecule has 0 radical (unpaired) electrons. The second-order valence-corrected chi connectivity index (χ2v) is 5.30. The molecule has 0 aliphatic rings. The predicted molar refractivity (Wildman–Crippen MR) is 78.1 cm³/mol. The molecule has 0 aliphatic carbocycles. The van der Waals surface area contributed by atoms with Crippen LogP contribution in [-0.4, -0.2) is 16.3 Å². The van der Waals surface area contributed by atoms with E-state index in [1.54, 1.807) is 0 Å². The van der Waals surface area contributed by atoms with Gasteiger partial charge in [0.1, 0.15) is 0 Å². The number of hydrogen-bond acceptors (Lipinski definition) is 2. The monoisotopic (exact) mass is 307 g/mol. The first kappa shape index (κ1) is 13.3. The Balaban J connectivity index is 2.47. The van der Waals surface area contributed by atoms with Crippen LogP contribution in [0, 0.1) is 6.92 Å². The number of rotatable bonds is 4. The van der Waals surface area contributed by atoms with Crippen molar-refractivity contribution < 1.29 is 0 Å². The fourth-order valence-corrected chi connectivity index (χ4v) is 2.40. The molecule has 1 atom stereocenters. The molecule has 0 amide bonds. The second-order valence-electron chi connectivity index (χ2n) is 4.38. The van der Waals surface area contributed by atoms with Crippen molar-refractivity contribution in [3.8, 4) is 5.69 Å². The highest BCUT2D eigenvalue weighted by molar-refractivity contribution is 9.10. The molecule has 0 fully saturated rings. The third-order valence-electron chi connectivity index (χ3n) is 2.94. The summed E-state index contributed by atoms with van der Waals surface area (Å²) in [7, 11) is 0. The van der Waals surface area contributed by atoms with Crippen molar-refractivity contribution in [2.24, 2.45) is 0 Å².